The Hall–Kier alpha value is -3.86. The van der Waals surface area contributed by atoms with Crippen molar-refractivity contribution in [1.82, 2.24) is 15.1 Å². The number of urea groups is 1. The fourth-order valence-electron chi connectivity index (χ4n) is 3.64. The van der Waals surface area contributed by atoms with Gasteiger partial charge in [-0.2, -0.15) is 0 Å². The summed E-state index contributed by atoms with van der Waals surface area (Å²) in [7, 11) is 0. The zero-order valence-corrected chi connectivity index (χ0v) is 19.1. The molecule has 2 N–H and O–H groups in total. The van der Waals surface area contributed by atoms with Crippen LogP contribution in [0.25, 0.3) is 0 Å². The second kappa shape index (κ2) is 10.4. The predicted octanol–water partition coefficient (Wildman–Crippen LogP) is 4.48. The van der Waals surface area contributed by atoms with E-state index < -0.39 is 17.7 Å². The number of hydrogen-bond acceptors (Lipinski definition) is 7. The number of esters is 1. The third-order valence-corrected chi connectivity index (χ3v) is 6.20. The van der Waals surface area contributed by atoms with Crippen LogP contribution >= 0.6 is 11.3 Å². The number of para-hydroxylation sites is 1. The van der Waals surface area contributed by atoms with E-state index in [1.54, 1.807) is 42.2 Å². The van der Waals surface area contributed by atoms with Crippen molar-refractivity contribution < 1.29 is 23.5 Å². The molecular weight excluding hydrogens is 461 g/mol. The Morgan fingerprint density at radius 1 is 1.15 bits per heavy atom. The summed E-state index contributed by atoms with van der Waals surface area (Å²) >= 11 is 1.08. The van der Waals surface area contributed by atoms with E-state index in [4.69, 9.17) is 4.74 Å². The summed E-state index contributed by atoms with van der Waals surface area (Å²) in [6, 6.07) is 11.4. The molecule has 34 heavy (non-hydrogen) atoms. The standard InChI is InChI=1S/C23H22FN5O4S/c1-2-33-22(31)16-9-3-4-10-17(16)26-23(32)29-12-6-11-18(29)20-27-28-21(34-20)19(30)25-15-8-5-7-14(24)13-15/h3-5,7-10,13,18H,2,6,11-12H2,1H3,(H,25,30)(H,26,32). The first-order valence-electron chi connectivity index (χ1n) is 10.7. The Morgan fingerprint density at radius 3 is 2.76 bits per heavy atom. The molecule has 176 valence electrons. The molecule has 4 rings (SSSR count). The van der Waals surface area contributed by atoms with Crippen molar-refractivity contribution in [2.75, 3.05) is 23.8 Å². The van der Waals surface area contributed by atoms with Gasteiger partial charge in [0.1, 0.15) is 10.8 Å². The number of rotatable bonds is 6. The van der Waals surface area contributed by atoms with Crippen molar-refractivity contribution in [2.24, 2.45) is 0 Å². The molecule has 1 unspecified atom stereocenters. The van der Waals surface area contributed by atoms with E-state index in [0.717, 1.165) is 17.8 Å². The molecule has 3 aromatic rings. The lowest BCUT2D eigenvalue weighted by atomic mass is 10.2. The Labute approximate surface area is 198 Å². The number of aromatic nitrogens is 2. The van der Waals surface area contributed by atoms with Gasteiger partial charge in [0.15, 0.2) is 0 Å². The molecule has 2 aromatic carbocycles. The van der Waals surface area contributed by atoms with Crippen LogP contribution in [0.4, 0.5) is 20.6 Å². The summed E-state index contributed by atoms with van der Waals surface area (Å²) in [5.74, 6) is -1.49. The highest BCUT2D eigenvalue weighted by molar-refractivity contribution is 7.13. The maximum Gasteiger partial charge on any atom is 0.340 e. The molecule has 9 nitrogen and oxygen atoms in total. The van der Waals surface area contributed by atoms with Crippen molar-refractivity contribution in [3.8, 4) is 0 Å². The lowest BCUT2D eigenvalue weighted by Crippen LogP contribution is -2.34. The van der Waals surface area contributed by atoms with Gasteiger partial charge in [-0.05, 0) is 50.1 Å². The molecule has 0 aliphatic carbocycles. The van der Waals surface area contributed by atoms with Crippen LogP contribution in [0.3, 0.4) is 0 Å². The number of hydrogen-bond donors (Lipinski definition) is 2. The van der Waals surface area contributed by atoms with E-state index in [1.807, 2.05) is 0 Å². The minimum atomic E-state index is -0.519. The van der Waals surface area contributed by atoms with Crippen LogP contribution in [-0.2, 0) is 4.74 Å². The summed E-state index contributed by atoms with van der Waals surface area (Å²) in [5, 5.41) is 14.1. The van der Waals surface area contributed by atoms with Gasteiger partial charge in [0.25, 0.3) is 5.91 Å². The Balaban J connectivity index is 1.46. The SMILES string of the molecule is CCOC(=O)c1ccccc1NC(=O)N1CCCC1c1nnc(C(=O)Nc2cccc(F)c2)s1. The third kappa shape index (κ3) is 5.20. The third-order valence-electron chi connectivity index (χ3n) is 5.18. The average molecular weight is 484 g/mol. The predicted molar refractivity (Wildman–Crippen MR) is 124 cm³/mol. The molecule has 1 aromatic heterocycles. The van der Waals surface area contributed by atoms with Crippen LogP contribution < -0.4 is 10.6 Å². The van der Waals surface area contributed by atoms with Gasteiger partial charge in [-0.25, -0.2) is 14.0 Å². The number of nitrogens with one attached hydrogen (secondary N) is 2. The first-order valence-corrected chi connectivity index (χ1v) is 11.5. The summed E-state index contributed by atoms with van der Waals surface area (Å²) in [6.45, 7) is 2.42. The van der Waals surface area contributed by atoms with Crippen LogP contribution in [0.1, 0.15) is 51.0 Å². The molecule has 1 fully saturated rings. The molecular formula is C23H22FN5O4S. The Bertz CT molecular complexity index is 1220. The normalized spacial score (nSPS) is 15.1. The van der Waals surface area contributed by atoms with E-state index in [9.17, 15) is 18.8 Å². The van der Waals surface area contributed by atoms with Crippen LogP contribution in [0, 0.1) is 5.82 Å². The molecule has 0 spiro atoms. The molecule has 1 aliphatic rings. The van der Waals surface area contributed by atoms with Gasteiger partial charge < -0.3 is 20.3 Å². The highest BCUT2D eigenvalue weighted by atomic mass is 32.1. The minimum absolute atomic E-state index is 0.110. The van der Waals surface area contributed by atoms with E-state index in [1.165, 1.54) is 18.2 Å². The van der Waals surface area contributed by atoms with Crippen molar-refractivity contribution in [2.45, 2.75) is 25.8 Å². The highest BCUT2D eigenvalue weighted by Gasteiger charge is 2.33. The quantitative estimate of drug-likeness (QED) is 0.500. The maximum atomic E-state index is 13.4. The molecule has 0 saturated carbocycles. The average Bonchev–Trinajstić information content (AvgIpc) is 3.49. The number of ether oxygens (including phenoxy) is 1. The lowest BCUT2D eigenvalue weighted by molar-refractivity contribution is 0.0527. The van der Waals surface area contributed by atoms with Crippen LogP contribution in [0.2, 0.25) is 0 Å². The van der Waals surface area contributed by atoms with Crippen LogP contribution in [0.5, 0.6) is 0 Å². The molecule has 1 saturated heterocycles. The smallest absolute Gasteiger partial charge is 0.340 e. The van der Waals surface area contributed by atoms with Gasteiger partial charge in [0.05, 0.1) is 23.9 Å². The number of carbonyl (C=O) groups excluding carboxylic acids is 3. The van der Waals surface area contributed by atoms with Gasteiger partial charge >= 0.3 is 12.0 Å². The molecule has 11 heteroatoms. The summed E-state index contributed by atoms with van der Waals surface area (Å²) in [6.07, 6.45) is 1.41. The van der Waals surface area contributed by atoms with E-state index in [-0.39, 0.29) is 29.3 Å². The highest BCUT2D eigenvalue weighted by Crippen LogP contribution is 2.34. The first kappa shape index (κ1) is 23.3. The molecule has 2 heterocycles. The van der Waals surface area contributed by atoms with Gasteiger partial charge in [-0.1, -0.05) is 29.5 Å². The lowest BCUT2D eigenvalue weighted by Gasteiger charge is -2.23. The second-order valence-electron chi connectivity index (χ2n) is 7.46. The second-order valence-corrected chi connectivity index (χ2v) is 8.47. The fourth-order valence-corrected chi connectivity index (χ4v) is 4.53. The monoisotopic (exact) mass is 483 g/mol. The zero-order chi connectivity index (χ0) is 24.1. The largest absolute Gasteiger partial charge is 0.462 e. The van der Waals surface area contributed by atoms with Gasteiger partial charge in [0.2, 0.25) is 5.01 Å². The molecule has 1 aliphatic heterocycles. The molecule has 0 bridgehead atoms. The van der Waals surface area contributed by atoms with E-state index in [0.29, 0.717) is 29.3 Å². The molecule has 3 amide bonds. The summed E-state index contributed by atoms with van der Waals surface area (Å²) < 4.78 is 18.4. The molecule has 1 atom stereocenters. The van der Waals surface area contributed by atoms with Crippen LogP contribution in [-0.4, -0.2) is 46.2 Å². The molecule has 0 radical (unpaired) electrons. The van der Waals surface area contributed by atoms with Crippen molar-refractivity contribution >= 4 is 40.6 Å². The minimum Gasteiger partial charge on any atom is -0.462 e. The topological polar surface area (TPSA) is 114 Å². The van der Waals surface area contributed by atoms with Crippen LogP contribution in [0.15, 0.2) is 48.5 Å². The Kier molecular flexibility index (Phi) is 7.12. The van der Waals surface area contributed by atoms with Gasteiger partial charge in [0, 0.05) is 12.2 Å². The van der Waals surface area contributed by atoms with E-state index in [2.05, 4.69) is 20.8 Å². The number of nitrogens with zero attached hydrogens (tertiary/aromatic N) is 3. The Morgan fingerprint density at radius 2 is 1.97 bits per heavy atom. The van der Waals surface area contributed by atoms with Crippen molar-refractivity contribution in [1.29, 1.82) is 0 Å². The number of anilines is 2. The number of amides is 3. The number of benzene rings is 2. The van der Waals surface area contributed by atoms with E-state index >= 15 is 0 Å². The van der Waals surface area contributed by atoms with Crippen molar-refractivity contribution in [3.05, 3.63) is 69.9 Å². The first-order chi connectivity index (χ1) is 16.5. The number of likely N-dealkylation sites (tertiary alicyclic amines) is 1. The fraction of sp³-hybridized carbons (Fsp3) is 0.261. The van der Waals surface area contributed by atoms with Gasteiger partial charge in [-0.15, -0.1) is 10.2 Å². The van der Waals surface area contributed by atoms with Crippen molar-refractivity contribution in [3.63, 3.8) is 0 Å². The number of halogens is 1. The van der Waals surface area contributed by atoms with Gasteiger partial charge in [-0.3, -0.25) is 4.79 Å². The number of carbonyl (C=O) groups is 3. The summed E-state index contributed by atoms with van der Waals surface area (Å²) in [5.41, 5.74) is 0.925. The summed E-state index contributed by atoms with van der Waals surface area (Å²) in [4.78, 5) is 39.4. The zero-order valence-electron chi connectivity index (χ0n) is 18.3. The maximum absolute atomic E-state index is 13.4.